The van der Waals surface area contributed by atoms with Crippen LogP contribution in [-0.2, 0) is 6.54 Å². The highest BCUT2D eigenvalue weighted by molar-refractivity contribution is 5.65. The summed E-state index contributed by atoms with van der Waals surface area (Å²) in [6, 6.07) is 12.2. The molecule has 0 aliphatic carbocycles. The Morgan fingerprint density at radius 1 is 1.12 bits per heavy atom. The number of nitrogens with zero attached hydrogens (tertiary/aromatic N) is 3. The van der Waals surface area contributed by atoms with Gasteiger partial charge in [-0.15, -0.1) is 0 Å². The molecule has 17 heavy (non-hydrogen) atoms. The summed E-state index contributed by atoms with van der Waals surface area (Å²) in [7, 11) is 0. The second-order valence-corrected chi connectivity index (χ2v) is 3.89. The van der Waals surface area contributed by atoms with Crippen molar-refractivity contribution in [1.82, 2.24) is 14.6 Å². The molecule has 0 fully saturated rings. The first-order chi connectivity index (χ1) is 8.36. The van der Waals surface area contributed by atoms with Crippen molar-refractivity contribution >= 4 is 5.65 Å². The predicted molar refractivity (Wildman–Crippen MR) is 66.3 cm³/mol. The van der Waals surface area contributed by atoms with Gasteiger partial charge in [-0.1, -0.05) is 18.2 Å². The number of pyridine rings is 1. The Labute approximate surface area is 98.7 Å². The zero-order valence-electron chi connectivity index (χ0n) is 9.24. The number of rotatable bonds is 2. The number of aromatic nitrogens is 3. The van der Waals surface area contributed by atoms with Gasteiger partial charge in [-0.2, -0.15) is 5.10 Å². The van der Waals surface area contributed by atoms with E-state index in [9.17, 15) is 0 Å². The summed E-state index contributed by atoms with van der Waals surface area (Å²) in [5.41, 5.74) is 9.87. The molecule has 2 heterocycles. The summed E-state index contributed by atoms with van der Waals surface area (Å²) in [6.07, 6.45) is 3.52. The van der Waals surface area contributed by atoms with Gasteiger partial charge in [0, 0.05) is 18.3 Å². The van der Waals surface area contributed by atoms with Crippen molar-refractivity contribution in [2.75, 3.05) is 0 Å². The smallest absolute Gasteiger partial charge is 0.155 e. The van der Waals surface area contributed by atoms with E-state index in [-0.39, 0.29) is 0 Å². The third-order valence-electron chi connectivity index (χ3n) is 2.77. The van der Waals surface area contributed by atoms with Crippen LogP contribution in [0.5, 0.6) is 0 Å². The van der Waals surface area contributed by atoms with E-state index in [4.69, 9.17) is 5.73 Å². The number of hydrogen-bond acceptors (Lipinski definition) is 3. The SMILES string of the molecule is NCc1cccc(-c2ccc3ncnn3c2)c1. The van der Waals surface area contributed by atoms with Gasteiger partial charge >= 0.3 is 0 Å². The molecule has 0 aliphatic rings. The molecule has 0 atom stereocenters. The van der Waals surface area contributed by atoms with Crippen LogP contribution in [0.15, 0.2) is 48.9 Å². The number of benzene rings is 1. The van der Waals surface area contributed by atoms with Crippen molar-refractivity contribution in [2.45, 2.75) is 6.54 Å². The molecule has 0 spiro atoms. The van der Waals surface area contributed by atoms with Gasteiger partial charge in [0.1, 0.15) is 6.33 Å². The molecule has 2 aromatic heterocycles. The maximum atomic E-state index is 5.64. The number of fused-ring (bicyclic) bond motifs is 1. The Bertz CT molecular complexity index is 657. The molecule has 0 aliphatic heterocycles. The molecule has 0 bridgehead atoms. The predicted octanol–water partition coefficient (Wildman–Crippen LogP) is 1.85. The summed E-state index contributed by atoms with van der Waals surface area (Å²) in [5.74, 6) is 0. The van der Waals surface area contributed by atoms with Crippen molar-refractivity contribution in [2.24, 2.45) is 5.73 Å². The van der Waals surface area contributed by atoms with E-state index in [1.54, 1.807) is 10.8 Å². The fourth-order valence-corrected chi connectivity index (χ4v) is 1.87. The topological polar surface area (TPSA) is 56.2 Å². The quantitative estimate of drug-likeness (QED) is 0.722. The normalized spacial score (nSPS) is 10.9. The Kier molecular flexibility index (Phi) is 2.34. The molecule has 4 nitrogen and oxygen atoms in total. The minimum atomic E-state index is 0.555. The number of hydrogen-bond donors (Lipinski definition) is 1. The molecule has 3 aromatic rings. The van der Waals surface area contributed by atoms with E-state index in [2.05, 4.69) is 22.2 Å². The van der Waals surface area contributed by atoms with Crippen LogP contribution >= 0.6 is 0 Å². The van der Waals surface area contributed by atoms with E-state index in [1.165, 1.54) is 0 Å². The highest BCUT2D eigenvalue weighted by Crippen LogP contribution is 2.20. The summed E-state index contributed by atoms with van der Waals surface area (Å²) < 4.78 is 1.77. The molecule has 0 unspecified atom stereocenters. The van der Waals surface area contributed by atoms with Crippen molar-refractivity contribution in [3.63, 3.8) is 0 Å². The molecule has 1 aromatic carbocycles. The fourth-order valence-electron chi connectivity index (χ4n) is 1.87. The highest BCUT2D eigenvalue weighted by atomic mass is 15.3. The molecule has 4 heteroatoms. The van der Waals surface area contributed by atoms with Crippen LogP contribution < -0.4 is 5.73 Å². The third kappa shape index (κ3) is 1.79. The second-order valence-electron chi connectivity index (χ2n) is 3.89. The van der Waals surface area contributed by atoms with Crippen LogP contribution in [0.1, 0.15) is 5.56 Å². The average molecular weight is 224 g/mol. The highest BCUT2D eigenvalue weighted by Gasteiger charge is 2.01. The molecule has 0 amide bonds. The van der Waals surface area contributed by atoms with E-state index < -0.39 is 0 Å². The molecular weight excluding hydrogens is 212 g/mol. The maximum Gasteiger partial charge on any atom is 0.155 e. The van der Waals surface area contributed by atoms with Crippen LogP contribution in [0.4, 0.5) is 0 Å². The Morgan fingerprint density at radius 3 is 2.94 bits per heavy atom. The first-order valence-electron chi connectivity index (χ1n) is 5.45. The Morgan fingerprint density at radius 2 is 2.06 bits per heavy atom. The monoisotopic (exact) mass is 224 g/mol. The standard InChI is InChI=1S/C13H12N4/c14-7-10-2-1-3-11(6-10)12-4-5-13-15-9-16-17(13)8-12/h1-6,8-9H,7,14H2. The van der Waals surface area contributed by atoms with Crippen LogP contribution in [0.2, 0.25) is 0 Å². The summed E-state index contributed by atoms with van der Waals surface area (Å²) in [6.45, 7) is 0.555. The molecule has 2 N–H and O–H groups in total. The van der Waals surface area contributed by atoms with Crippen molar-refractivity contribution in [3.05, 3.63) is 54.5 Å². The maximum absolute atomic E-state index is 5.64. The number of nitrogens with two attached hydrogens (primary N) is 1. The van der Waals surface area contributed by atoms with Gasteiger partial charge in [0.2, 0.25) is 0 Å². The first-order valence-corrected chi connectivity index (χ1v) is 5.45. The van der Waals surface area contributed by atoms with E-state index in [1.807, 2.05) is 30.5 Å². The van der Waals surface area contributed by atoms with Crippen LogP contribution in [-0.4, -0.2) is 14.6 Å². The Balaban J connectivity index is 2.12. The second kappa shape index (κ2) is 3.99. The lowest BCUT2D eigenvalue weighted by Gasteiger charge is -2.04. The zero-order chi connectivity index (χ0) is 11.7. The van der Waals surface area contributed by atoms with Crippen molar-refractivity contribution in [3.8, 4) is 11.1 Å². The fraction of sp³-hybridized carbons (Fsp3) is 0.0769. The van der Waals surface area contributed by atoms with Crippen molar-refractivity contribution < 1.29 is 0 Å². The molecule has 3 rings (SSSR count). The van der Waals surface area contributed by atoms with Gasteiger partial charge in [0.25, 0.3) is 0 Å². The van der Waals surface area contributed by atoms with Gasteiger partial charge in [-0.05, 0) is 29.3 Å². The van der Waals surface area contributed by atoms with E-state index in [0.717, 1.165) is 22.3 Å². The molecule has 84 valence electrons. The van der Waals surface area contributed by atoms with Crippen LogP contribution in [0, 0.1) is 0 Å². The van der Waals surface area contributed by atoms with E-state index >= 15 is 0 Å². The average Bonchev–Trinajstić information content (AvgIpc) is 2.86. The molecule has 0 saturated heterocycles. The van der Waals surface area contributed by atoms with Crippen LogP contribution in [0.3, 0.4) is 0 Å². The molecular formula is C13H12N4. The lowest BCUT2D eigenvalue weighted by atomic mass is 10.1. The zero-order valence-corrected chi connectivity index (χ0v) is 9.24. The van der Waals surface area contributed by atoms with Crippen LogP contribution in [0.25, 0.3) is 16.8 Å². The first kappa shape index (κ1) is 9.99. The summed E-state index contributed by atoms with van der Waals surface area (Å²) >= 11 is 0. The summed E-state index contributed by atoms with van der Waals surface area (Å²) in [5, 5.41) is 4.13. The minimum absolute atomic E-state index is 0.555. The van der Waals surface area contributed by atoms with Gasteiger partial charge in [-0.3, -0.25) is 0 Å². The molecule has 0 saturated carbocycles. The third-order valence-corrected chi connectivity index (χ3v) is 2.77. The van der Waals surface area contributed by atoms with Crippen molar-refractivity contribution in [1.29, 1.82) is 0 Å². The molecule has 0 radical (unpaired) electrons. The van der Waals surface area contributed by atoms with Gasteiger partial charge in [0.05, 0.1) is 0 Å². The van der Waals surface area contributed by atoms with E-state index in [0.29, 0.717) is 6.54 Å². The lowest BCUT2D eigenvalue weighted by molar-refractivity contribution is 0.962. The van der Waals surface area contributed by atoms with Gasteiger partial charge < -0.3 is 5.73 Å². The summed E-state index contributed by atoms with van der Waals surface area (Å²) in [4.78, 5) is 4.12. The minimum Gasteiger partial charge on any atom is -0.326 e. The lowest BCUT2D eigenvalue weighted by Crippen LogP contribution is -1.96. The Hall–Kier alpha value is -2.20. The van der Waals surface area contributed by atoms with Gasteiger partial charge in [-0.25, -0.2) is 9.50 Å². The largest absolute Gasteiger partial charge is 0.326 e. The van der Waals surface area contributed by atoms with Gasteiger partial charge in [0.15, 0.2) is 5.65 Å².